The first-order chi connectivity index (χ1) is 20.0. The van der Waals surface area contributed by atoms with Crippen molar-refractivity contribution in [2.45, 2.75) is 29.6 Å². The van der Waals surface area contributed by atoms with Crippen LogP contribution in [-0.2, 0) is 32.9 Å². The molecule has 0 radical (unpaired) electrons. The normalized spacial score (nSPS) is 14.7. The van der Waals surface area contributed by atoms with Gasteiger partial charge in [-0.1, -0.05) is 25.1 Å². The van der Waals surface area contributed by atoms with Crippen LogP contribution in [0.1, 0.15) is 18.1 Å². The predicted molar refractivity (Wildman–Crippen MR) is 163 cm³/mol. The van der Waals surface area contributed by atoms with E-state index in [0.717, 1.165) is 17.5 Å². The van der Waals surface area contributed by atoms with Crippen molar-refractivity contribution in [2.75, 3.05) is 66.0 Å². The molecule has 1 aliphatic heterocycles. The number of likely N-dealkylation sites (N-methyl/N-ethyl adjacent to an activating group) is 1. The summed E-state index contributed by atoms with van der Waals surface area (Å²) < 4.78 is 72.5. The molecule has 0 spiro atoms. The smallest absolute Gasteiger partial charge is 0.243 e. The Bertz CT molecular complexity index is 1590. The number of nitrogens with zero attached hydrogens (tertiary/aromatic N) is 3. The van der Waals surface area contributed by atoms with Crippen LogP contribution < -0.4 is 19.1 Å². The van der Waals surface area contributed by atoms with Gasteiger partial charge in [0.25, 0.3) is 0 Å². The van der Waals surface area contributed by atoms with E-state index in [4.69, 9.17) is 14.2 Å². The van der Waals surface area contributed by atoms with Crippen LogP contribution in [0.5, 0.6) is 17.2 Å². The molecule has 0 N–H and O–H groups in total. The van der Waals surface area contributed by atoms with E-state index < -0.39 is 20.0 Å². The van der Waals surface area contributed by atoms with Crippen LogP contribution in [0.15, 0.2) is 70.5 Å². The highest BCUT2D eigenvalue weighted by molar-refractivity contribution is 7.89. The minimum atomic E-state index is -3.81. The number of methoxy groups -OCH3 is 3. The summed E-state index contributed by atoms with van der Waals surface area (Å²) in [7, 11) is -1.24. The van der Waals surface area contributed by atoms with E-state index in [0.29, 0.717) is 42.4 Å². The molecule has 12 heteroatoms. The fraction of sp³-hybridized carbons (Fsp3) is 0.400. The highest BCUT2D eigenvalue weighted by atomic mass is 32.2. The standard InChI is InChI=1S/C30H39N3O7S2/c1-6-23-7-10-25(11-8-23)42(36,37)33-19-17-32(18-20-33)27-22-26(12-14-28(27)38-3)41(34,35)31(2)16-15-24-9-13-29(39-4)30(21-24)40-5/h7-14,21-22H,6,15-20H2,1-5H3. The summed E-state index contributed by atoms with van der Waals surface area (Å²) in [5.41, 5.74) is 2.60. The second-order valence-corrected chi connectivity index (χ2v) is 14.0. The Morgan fingerprint density at radius 3 is 1.88 bits per heavy atom. The Kier molecular flexibility index (Phi) is 10.0. The van der Waals surface area contributed by atoms with Gasteiger partial charge in [-0.15, -0.1) is 0 Å². The lowest BCUT2D eigenvalue weighted by molar-refractivity contribution is 0.354. The number of benzene rings is 3. The molecule has 1 heterocycles. The van der Waals surface area contributed by atoms with Gasteiger partial charge in [0, 0.05) is 39.8 Å². The van der Waals surface area contributed by atoms with Crippen LogP contribution in [0.3, 0.4) is 0 Å². The molecule has 0 aliphatic carbocycles. The second kappa shape index (κ2) is 13.3. The van der Waals surface area contributed by atoms with Crippen LogP contribution in [-0.4, -0.2) is 86.5 Å². The molecule has 0 atom stereocenters. The average Bonchev–Trinajstić information content (AvgIpc) is 3.03. The largest absolute Gasteiger partial charge is 0.495 e. The zero-order valence-electron chi connectivity index (χ0n) is 24.7. The van der Waals surface area contributed by atoms with Gasteiger partial charge in [0.2, 0.25) is 20.0 Å². The van der Waals surface area contributed by atoms with E-state index in [2.05, 4.69) is 0 Å². The van der Waals surface area contributed by atoms with Gasteiger partial charge in [0.15, 0.2) is 11.5 Å². The average molecular weight is 618 g/mol. The van der Waals surface area contributed by atoms with E-state index in [9.17, 15) is 16.8 Å². The minimum Gasteiger partial charge on any atom is -0.495 e. The third-order valence-electron chi connectivity index (χ3n) is 7.57. The molecular weight excluding hydrogens is 578 g/mol. The first-order valence-electron chi connectivity index (χ1n) is 13.7. The van der Waals surface area contributed by atoms with Crippen LogP contribution in [0, 0.1) is 0 Å². The number of sulfonamides is 2. The maximum Gasteiger partial charge on any atom is 0.243 e. The third-order valence-corrected chi connectivity index (χ3v) is 11.3. The number of ether oxygens (including phenoxy) is 3. The molecule has 0 bridgehead atoms. The molecule has 10 nitrogen and oxygen atoms in total. The molecule has 0 aromatic heterocycles. The number of aryl methyl sites for hydroxylation is 1. The number of hydrogen-bond donors (Lipinski definition) is 0. The highest BCUT2D eigenvalue weighted by Crippen LogP contribution is 2.33. The second-order valence-electron chi connectivity index (χ2n) is 9.99. The molecule has 0 unspecified atom stereocenters. The zero-order valence-corrected chi connectivity index (χ0v) is 26.4. The van der Waals surface area contributed by atoms with Gasteiger partial charge >= 0.3 is 0 Å². The molecule has 42 heavy (non-hydrogen) atoms. The lowest BCUT2D eigenvalue weighted by Crippen LogP contribution is -2.48. The van der Waals surface area contributed by atoms with Crippen LogP contribution in [0.25, 0.3) is 0 Å². The topological polar surface area (TPSA) is 106 Å². The summed E-state index contributed by atoms with van der Waals surface area (Å²) in [5.74, 6) is 1.72. The van der Waals surface area contributed by atoms with Crippen molar-refractivity contribution in [3.05, 3.63) is 71.8 Å². The summed E-state index contributed by atoms with van der Waals surface area (Å²) in [6, 6.07) is 17.3. The summed E-state index contributed by atoms with van der Waals surface area (Å²) >= 11 is 0. The van der Waals surface area contributed by atoms with E-state index in [1.165, 1.54) is 21.8 Å². The lowest BCUT2D eigenvalue weighted by atomic mass is 10.1. The maximum atomic E-state index is 13.5. The van der Waals surface area contributed by atoms with Gasteiger partial charge in [-0.2, -0.15) is 4.31 Å². The third kappa shape index (κ3) is 6.67. The summed E-state index contributed by atoms with van der Waals surface area (Å²) in [5, 5.41) is 0. The van der Waals surface area contributed by atoms with Gasteiger partial charge in [-0.25, -0.2) is 21.1 Å². The molecule has 0 amide bonds. The number of rotatable bonds is 12. The molecule has 0 saturated carbocycles. The van der Waals surface area contributed by atoms with Crippen molar-refractivity contribution in [1.29, 1.82) is 0 Å². The van der Waals surface area contributed by atoms with Crippen molar-refractivity contribution < 1.29 is 31.0 Å². The Morgan fingerprint density at radius 1 is 0.714 bits per heavy atom. The Morgan fingerprint density at radius 2 is 1.29 bits per heavy atom. The molecule has 228 valence electrons. The van der Waals surface area contributed by atoms with Crippen LogP contribution >= 0.6 is 0 Å². The van der Waals surface area contributed by atoms with Gasteiger partial charge in [0.05, 0.1) is 36.8 Å². The van der Waals surface area contributed by atoms with E-state index in [1.807, 2.05) is 36.1 Å². The number of anilines is 1. The van der Waals surface area contributed by atoms with Gasteiger partial charge < -0.3 is 19.1 Å². The molecule has 1 aliphatic rings. The van der Waals surface area contributed by atoms with E-state index >= 15 is 0 Å². The molecule has 4 rings (SSSR count). The first kappa shape index (κ1) is 31.6. The fourth-order valence-corrected chi connectivity index (χ4v) is 7.53. The van der Waals surface area contributed by atoms with Crippen LogP contribution in [0.2, 0.25) is 0 Å². The van der Waals surface area contributed by atoms with Crippen molar-refractivity contribution >= 4 is 25.7 Å². The molecule has 1 fully saturated rings. The molecule has 3 aromatic rings. The van der Waals surface area contributed by atoms with Crippen molar-refractivity contribution in [3.8, 4) is 17.2 Å². The van der Waals surface area contributed by atoms with Gasteiger partial charge in [0.1, 0.15) is 5.75 Å². The fourth-order valence-electron chi connectivity index (χ4n) is 4.92. The molecule has 3 aromatic carbocycles. The minimum absolute atomic E-state index is 0.138. The highest BCUT2D eigenvalue weighted by Gasteiger charge is 2.30. The Balaban J connectivity index is 1.47. The zero-order chi connectivity index (χ0) is 30.5. The maximum absolute atomic E-state index is 13.5. The lowest BCUT2D eigenvalue weighted by Gasteiger charge is -2.36. The summed E-state index contributed by atoms with van der Waals surface area (Å²) in [4.78, 5) is 2.38. The first-order valence-corrected chi connectivity index (χ1v) is 16.6. The van der Waals surface area contributed by atoms with Gasteiger partial charge in [-0.05, 0) is 66.4 Å². The van der Waals surface area contributed by atoms with Crippen molar-refractivity contribution in [3.63, 3.8) is 0 Å². The van der Waals surface area contributed by atoms with E-state index in [1.54, 1.807) is 51.6 Å². The SMILES string of the molecule is CCc1ccc(S(=O)(=O)N2CCN(c3cc(S(=O)(=O)N(C)CCc4ccc(OC)c(OC)c4)ccc3OC)CC2)cc1. The molecule has 1 saturated heterocycles. The predicted octanol–water partition coefficient (Wildman–Crippen LogP) is 3.65. The number of piperazine rings is 1. The molecular formula is C30H39N3O7S2. The Labute approximate surface area is 249 Å². The summed E-state index contributed by atoms with van der Waals surface area (Å²) in [6.07, 6.45) is 1.32. The summed E-state index contributed by atoms with van der Waals surface area (Å²) in [6.45, 7) is 3.60. The van der Waals surface area contributed by atoms with Crippen molar-refractivity contribution in [2.24, 2.45) is 0 Å². The number of hydrogen-bond acceptors (Lipinski definition) is 8. The van der Waals surface area contributed by atoms with Crippen molar-refractivity contribution in [1.82, 2.24) is 8.61 Å². The van der Waals surface area contributed by atoms with Gasteiger partial charge in [-0.3, -0.25) is 0 Å². The van der Waals surface area contributed by atoms with E-state index in [-0.39, 0.29) is 29.4 Å². The monoisotopic (exact) mass is 617 g/mol. The quantitative estimate of drug-likeness (QED) is 0.303. The Hall–Kier alpha value is -3.32. The van der Waals surface area contributed by atoms with Crippen LogP contribution in [0.4, 0.5) is 5.69 Å².